The SMILES string of the molecule is CC(C)N1CCN(CCC2(C(=O)O)CCC2)CC1. The molecule has 0 unspecified atom stereocenters. The summed E-state index contributed by atoms with van der Waals surface area (Å²) in [5.74, 6) is -0.574. The van der Waals surface area contributed by atoms with Gasteiger partial charge < -0.3 is 10.0 Å². The number of piperazine rings is 1. The van der Waals surface area contributed by atoms with Crippen LogP contribution in [-0.4, -0.2) is 59.6 Å². The maximum absolute atomic E-state index is 11.3. The lowest BCUT2D eigenvalue weighted by molar-refractivity contribution is -0.155. The van der Waals surface area contributed by atoms with Crippen molar-refractivity contribution in [1.82, 2.24) is 9.80 Å². The molecule has 1 saturated carbocycles. The Kier molecular flexibility index (Phi) is 4.28. The molecular weight excluding hydrogens is 228 g/mol. The van der Waals surface area contributed by atoms with E-state index < -0.39 is 5.97 Å². The highest BCUT2D eigenvalue weighted by Gasteiger charge is 2.44. The number of rotatable bonds is 5. The lowest BCUT2D eigenvalue weighted by Crippen LogP contribution is -2.50. The molecule has 4 heteroatoms. The van der Waals surface area contributed by atoms with E-state index in [0.717, 1.165) is 58.4 Å². The van der Waals surface area contributed by atoms with Crippen molar-refractivity contribution < 1.29 is 9.90 Å². The minimum atomic E-state index is -0.574. The molecule has 0 radical (unpaired) electrons. The van der Waals surface area contributed by atoms with Crippen molar-refractivity contribution in [2.45, 2.75) is 45.6 Å². The van der Waals surface area contributed by atoms with Gasteiger partial charge in [0.25, 0.3) is 0 Å². The molecule has 0 aromatic rings. The van der Waals surface area contributed by atoms with E-state index in [4.69, 9.17) is 0 Å². The van der Waals surface area contributed by atoms with E-state index in [0.29, 0.717) is 6.04 Å². The molecule has 2 fully saturated rings. The largest absolute Gasteiger partial charge is 0.481 e. The van der Waals surface area contributed by atoms with Crippen molar-refractivity contribution in [2.24, 2.45) is 5.41 Å². The van der Waals surface area contributed by atoms with Gasteiger partial charge in [-0.15, -0.1) is 0 Å². The first-order chi connectivity index (χ1) is 8.53. The summed E-state index contributed by atoms with van der Waals surface area (Å²) >= 11 is 0. The highest BCUT2D eigenvalue weighted by molar-refractivity contribution is 5.75. The summed E-state index contributed by atoms with van der Waals surface area (Å²) in [5.41, 5.74) is -0.380. The third kappa shape index (κ3) is 2.86. The Labute approximate surface area is 110 Å². The number of hydrogen-bond acceptors (Lipinski definition) is 3. The van der Waals surface area contributed by atoms with Gasteiger partial charge in [-0.05, 0) is 39.7 Å². The molecular formula is C14H26N2O2. The third-order valence-corrected chi connectivity index (χ3v) is 4.81. The van der Waals surface area contributed by atoms with Gasteiger partial charge in [-0.3, -0.25) is 9.69 Å². The molecule has 0 spiro atoms. The van der Waals surface area contributed by atoms with Gasteiger partial charge in [0.05, 0.1) is 5.41 Å². The third-order valence-electron chi connectivity index (χ3n) is 4.81. The summed E-state index contributed by atoms with van der Waals surface area (Å²) in [7, 11) is 0. The summed E-state index contributed by atoms with van der Waals surface area (Å²) in [5, 5.41) is 9.30. The summed E-state index contributed by atoms with van der Waals surface area (Å²) in [6, 6.07) is 0.629. The Balaban J connectivity index is 1.74. The van der Waals surface area contributed by atoms with Gasteiger partial charge >= 0.3 is 5.97 Å². The molecule has 0 aromatic carbocycles. The van der Waals surface area contributed by atoms with Gasteiger partial charge in [-0.1, -0.05) is 6.42 Å². The fraction of sp³-hybridized carbons (Fsp3) is 0.929. The minimum Gasteiger partial charge on any atom is -0.481 e. The van der Waals surface area contributed by atoms with Crippen LogP contribution in [0.1, 0.15) is 39.5 Å². The van der Waals surface area contributed by atoms with Crippen LogP contribution < -0.4 is 0 Å². The molecule has 0 amide bonds. The van der Waals surface area contributed by atoms with Gasteiger partial charge in [0.1, 0.15) is 0 Å². The lowest BCUT2D eigenvalue weighted by Gasteiger charge is -2.41. The normalized spacial score (nSPS) is 25.1. The number of carboxylic acids is 1. The Morgan fingerprint density at radius 1 is 1.22 bits per heavy atom. The summed E-state index contributed by atoms with van der Waals surface area (Å²) < 4.78 is 0. The maximum Gasteiger partial charge on any atom is 0.309 e. The Morgan fingerprint density at radius 2 is 1.83 bits per heavy atom. The second-order valence-corrected chi connectivity index (χ2v) is 6.16. The van der Waals surface area contributed by atoms with E-state index in [9.17, 15) is 9.90 Å². The summed E-state index contributed by atoms with van der Waals surface area (Å²) in [6.07, 6.45) is 3.69. The van der Waals surface area contributed by atoms with Gasteiger partial charge in [-0.2, -0.15) is 0 Å². The van der Waals surface area contributed by atoms with Crippen molar-refractivity contribution in [3.05, 3.63) is 0 Å². The van der Waals surface area contributed by atoms with Crippen molar-refractivity contribution in [1.29, 1.82) is 0 Å². The molecule has 1 heterocycles. The first-order valence-electron chi connectivity index (χ1n) is 7.23. The molecule has 0 aromatic heterocycles. The molecule has 1 aliphatic heterocycles. The number of aliphatic carboxylic acids is 1. The highest BCUT2D eigenvalue weighted by Crippen LogP contribution is 2.44. The zero-order chi connectivity index (χ0) is 13.2. The molecule has 4 nitrogen and oxygen atoms in total. The van der Waals surface area contributed by atoms with E-state index >= 15 is 0 Å². The van der Waals surface area contributed by atoms with Gasteiger partial charge in [0.15, 0.2) is 0 Å². The fourth-order valence-corrected chi connectivity index (χ4v) is 3.05. The van der Waals surface area contributed by atoms with E-state index in [1.165, 1.54) is 0 Å². The smallest absolute Gasteiger partial charge is 0.309 e. The molecule has 1 saturated heterocycles. The molecule has 2 rings (SSSR count). The number of nitrogens with zero attached hydrogens (tertiary/aromatic N) is 2. The van der Waals surface area contributed by atoms with Gasteiger partial charge in [0.2, 0.25) is 0 Å². The topological polar surface area (TPSA) is 43.8 Å². The molecule has 18 heavy (non-hydrogen) atoms. The van der Waals surface area contributed by atoms with Crippen LogP contribution >= 0.6 is 0 Å². The van der Waals surface area contributed by atoms with E-state index in [1.807, 2.05) is 0 Å². The summed E-state index contributed by atoms with van der Waals surface area (Å²) in [4.78, 5) is 16.2. The van der Waals surface area contributed by atoms with Crippen molar-refractivity contribution in [3.8, 4) is 0 Å². The molecule has 0 bridgehead atoms. The molecule has 1 N–H and O–H groups in total. The first kappa shape index (κ1) is 13.8. The molecule has 1 aliphatic carbocycles. The zero-order valence-corrected chi connectivity index (χ0v) is 11.7. The number of carbonyl (C=O) groups is 1. The van der Waals surface area contributed by atoms with Crippen molar-refractivity contribution >= 4 is 5.97 Å². The lowest BCUT2D eigenvalue weighted by atomic mass is 9.66. The number of carboxylic acid groups (broad SMARTS) is 1. The standard InChI is InChI=1S/C14H26N2O2/c1-12(2)16-10-8-15(9-11-16)7-6-14(13(17)18)4-3-5-14/h12H,3-11H2,1-2H3,(H,17,18). The minimum absolute atomic E-state index is 0.380. The average Bonchev–Trinajstić information content (AvgIpc) is 2.27. The predicted octanol–water partition coefficient (Wildman–Crippen LogP) is 1.66. The van der Waals surface area contributed by atoms with E-state index in [1.54, 1.807) is 0 Å². The molecule has 104 valence electrons. The van der Waals surface area contributed by atoms with Crippen LogP contribution in [0.2, 0.25) is 0 Å². The fourth-order valence-electron chi connectivity index (χ4n) is 3.05. The Morgan fingerprint density at radius 3 is 2.22 bits per heavy atom. The first-order valence-corrected chi connectivity index (χ1v) is 7.23. The van der Waals surface area contributed by atoms with Gasteiger partial charge in [-0.25, -0.2) is 0 Å². The van der Waals surface area contributed by atoms with Crippen molar-refractivity contribution in [2.75, 3.05) is 32.7 Å². The van der Waals surface area contributed by atoms with Crippen LogP contribution in [0.4, 0.5) is 0 Å². The van der Waals surface area contributed by atoms with Crippen LogP contribution in [0.15, 0.2) is 0 Å². The highest BCUT2D eigenvalue weighted by atomic mass is 16.4. The second-order valence-electron chi connectivity index (χ2n) is 6.16. The van der Waals surface area contributed by atoms with Crippen LogP contribution in [-0.2, 0) is 4.79 Å². The quantitative estimate of drug-likeness (QED) is 0.810. The second kappa shape index (κ2) is 5.57. The monoisotopic (exact) mass is 254 g/mol. The Hall–Kier alpha value is -0.610. The van der Waals surface area contributed by atoms with Crippen molar-refractivity contribution in [3.63, 3.8) is 0 Å². The molecule has 0 atom stereocenters. The average molecular weight is 254 g/mol. The van der Waals surface area contributed by atoms with Gasteiger partial charge in [0, 0.05) is 32.2 Å². The molecule has 2 aliphatic rings. The maximum atomic E-state index is 11.3. The number of hydrogen-bond donors (Lipinski definition) is 1. The predicted molar refractivity (Wildman–Crippen MR) is 71.7 cm³/mol. The van der Waals surface area contributed by atoms with Crippen LogP contribution in [0.3, 0.4) is 0 Å². The van der Waals surface area contributed by atoms with E-state index in [2.05, 4.69) is 23.6 Å². The zero-order valence-electron chi connectivity index (χ0n) is 11.7. The summed E-state index contributed by atoms with van der Waals surface area (Å²) in [6.45, 7) is 9.86. The van der Waals surface area contributed by atoms with Crippen LogP contribution in [0.25, 0.3) is 0 Å². The van der Waals surface area contributed by atoms with Crippen LogP contribution in [0, 0.1) is 5.41 Å². The van der Waals surface area contributed by atoms with E-state index in [-0.39, 0.29) is 5.41 Å². The van der Waals surface area contributed by atoms with Crippen LogP contribution in [0.5, 0.6) is 0 Å². The Bertz CT molecular complexity index is 292.